The van der Waals surface area contributed by atoms with Crippen LogP contribution >= 0.6 is 0 Å². The normalized spacial score (nSPS) is 19.2. The summed E-state index contributed by atoms with van der Waals surface area (Å²) < 4.78 is 0. The molecule has 0 fully saturated rings. The Morgan fingerprint density at radius 1 is 1.17 bits per heavy atom. The van der Waals surface area contributed by atoms with Crippen LogP contribution < -0.4 is 5.32 Å². The predicted molar refractivity (Wildman–Crippen MR) is 56.4 cm³/mol. The van der Waals surface area contributed by atoms with Gasteiger partial charge in [0.1, 0.15) is 0 Å². The Hall–Kier alpha value is -0.0400. The van der Waals surface area contributed by atoms with E-state index in [1.807, 2.05) is 0 Å². The zero-order valence-electron chi connectivity index (χ0n) is 9.57. The summed E-state index contributed by atoms with van der Waals surface area (Å²) in [7, 11) is 0. The summed E-state index contributed by atoms with van der Waals surface area (Å²) in [4.78, 5) is 0. The lowest BCUT2D eigenvalue weighted by molar-refractivity contribution is 0.225. The topological polar surface area (TPSA) is 12.0 Å². The van der Waals surface area contributed by atoms with Gasteiger partial charge >= 0.3 is 0 Å². The molecule has 2 atom stereocenters. The van der Waals surface area contributed by atoms with Gasteiger partial charge < -0.3 is 5.32 Å². The molecule has 1 unspecified atom stereocenters. The first-order valence-corrected chi connectivity index (χ1v) is 5.24. The van der Waals surface area contributed by atoms with Gasteiger partial charge in [-0.2, -0.15) is 0 Å². The summed E-state index contributed by atoms with van der Waals surface area (Å²) in [5, 5.41) is 3.69. The van der Waals surface area contributed by atoms with Crippen molar-refractivity contribution in [1.29, 1.82) is 0 Å². The zero-order chi connectivity index (χ0) is 9.78. The third-order valence-corrected chi connectivity index (χ3v) is 3.20. The molecule has 0 aromatic heterocycles. The van der Waals surface area contributed by atoms with E-state index in [-0.39, 0.29) is 0 Å². The molecule has 0 aliphatic heterocycles. The standard InChI is InChI=1S/C11H25N/c1-7-10(5)12-11(6,8-2)9(3)4/h9-10,12H,7-8H2,1-6H3/t10?,11-/m1/s1. The zero-order valence-corrected chi connectivity index (χ0v) is 9.57. The monoisotopic (exact) mass is 171 g/mol. The van der Waals surface area contributed by atoms with Crippen molar-refractivity contribution in [3.63, 3.8) is 0 Å². The van der Waals surface area contributed by atoms with Gasteiger partial charge in [-0.05, 0) is 32.6 Å². The molecule has 0 aromatic carbocycles. The molecule has 0 spiro atoms. The van der Waals surface area contributed by atoms with Gasteiger partial charge in [0.2, 0.25) is 0 Å². The van der Waals surface area contributed by atoms with Crippen LogP contribution in [0.3, 0.4) is 0 Å². The van der Waals surface area contributed by atoms with Gasteiger partial charge in [0.25, 0.3) is 0 Å². The van der Waals surface area contributed by atoms with Gasteiger partial charge in [-0.15, -0.1) is 0 Å². The SMILES string of the molecule is CCC(C)N[C@](C)(CC)C(C)C. The highest BCUT2D eigenvalue weighted by Crippen LogP contribution is 2.21. The van der Waals surface area contributed by atoms with Crippen molar-refractivity contribution in [2.75, 3.05) is 0 Å². The molecule has 0 aliphatic rings. The fourth-order valence-corrected chi connectivity index (χ4v) is 1.34. The minimum Gasteiger partial charge on any atom is -0.309 e. The average molecular weight is 171 g/mol. The van der Waals surface area contributed by atoms with E-state index in [1.54, 1.807) is 0 Å². The summed E-state index contributed by atoms with van der Waals surface area (Å²) >= 11 is 0. The van der Waals surface area contributed by atoms with Crippen LogP contribution in [0.4, 0.5) is 0 Å². The highest BCUT2D eigenvalue weighted by Gasteiger charge is 2.26. The van der Waals surface area contributed by atoms with Crippen molar-refractivity contribution in [1.82, 2.24) is 5.32 Å². The van der Waals surface area contributed by atoms with Crippen molar-refractivity contribution in [2.45, 2.75) is 66.0 Å². The molecule has 74 valence electrons. The second kappa shape index (κ2) is 4.86. The van der Waals surface area contributed by atoms with Crippen LogP contribution in [-0.4, -0.2) is 11.6 Å². The number of rotatable bonds is 5. The minimum absolute atomic E-state index is 0.315. The molecule has 0 aliphatic carbocycles. The molecule has 12 heavy (non-hydrogen) atoms. The van der Waals surface area contributed by atoms with Gasteiger partial charge in [-0.3, -0.25) is 0 Å². The molecule has 0 rings (SSSR count). The Bertz CT molecular complexity index is 120. The fraction of sp³-hybridized carbons (Fsp3) is 1.00. The molecule has 1 N–H and O–H groups in total. The summed E-state index contributed by atoms with van der Waals surface area (Å²) in [6.07, 6.45) is 2.41. The summed E-state index contributed by atoms with van der Waals surface area (Å²) in [6.45, 7) is 13.7. The molecule has 1 nitrogen and oxygen atoms in total. The second-order valence-corrected chi connectivity index (χ2v) is 4.38. The smallest absolute Gasteiger partial charge is 0.0176 e. The fourth-order valence-electron chi connectivity index (χ4n) is 1.34. The minimum atomic E-state index is 0.315. The maximum atomic E-state index is 3.69. The maximum absolute atomic E-state index is 3.69. The number of nitrogens with one attached hydrogen (secondary N) is 1. The first-order valence-electron chi connectivity index (χ1n) is 5.24. The van der Waals surface area contributed by atoms with E-state index in [0.717, 1.165) is 0 Å². The number of hydrogen-bond donors (Lipinski definition) is 1. The van der Waals surface area contributed by atoms with Crippen molar-refractivity contribution in [3.8, 4) is 0 Å². The average Bonchev–Trinajstić information content (AvgIpc) is 2.03. The van der Waals surface area contributed by atoms with Crippen LogP contribution in [0.5, 0.6) is 0 Å². The highest BCUT2D eigenvalue weighted by molar-refractivity contribution is 4.86. The summed E-state index contributed by atoms with van der Waals surface area (Å²) in [5.41, 5.74) is 0.315. The maximum Gasteiger partial charge on any atom is 0.0176 e. The van der Waals surface area contributed by atoms with Crippen molar-refractivity contribution in [2.24, 2.45) is 5.92 Å². The Balaban J connectivity index is 4.14. The van der Waals surface area contributed by atoms with E-state index in [2.05, 4.69) is 46.9 Å². The van der Waals surface area contributed by atoms with E-state index < -0.39 is 0 Å². The van der Waals surface area contributed by atoms with E-state index in [0.29, 0.717) is 17.5 Å². The third-order valence-electron chi connectivity index (χ3n) is 3.20. The molecule has 1 heteroatoms. The molecule has 0 radical (unpaired) electrons. The van der Waals surface area contributed by atoms with Gasteiger partial charge in [-0.1, -0.05) is 27.7 Å². The molecular formula is C11H25N. The van der Waals surface area contributed by atoms with Crippen LogP contribution in [0.15, 0.2) is 0 Å². The summed E-state index contributed by atoms with van der Waals surface area (Å²) in [6, 6.07) is 0.636. The quantitative estimate of drug-likeness (QED) is 0.670. The van der Waals surface area contributed by atoms with Crippen molar-refractivity contribution >= 4 is 0 Å². The first-order chi connectivity index (χ1) is 5.46. The van der Waals surface area contributed by atoms with Crippen molar-refractivity contribution in [3.05, 3.63) is 0 Å². The Morgan fingerprint density at radius 3 is 1.92 bits per heavy atom. The van der Waals surface area contributed by atoms with E-state index >= 15 is 0 Å². The lowest BCUT2D eigenvalue weighted by Crippen LogP contribution is -2.50. The van der Waals surface area contributed by atoms with Crippen LogP contribution in [0.2, 0.25) is 0 Å². The molecule has 0 saturated heterocycles. The predicted octanol–water partition coefficient (Wildman–Crippen LogP) is 3.20. The van der Waals surface area contributed by atoms with Gasteiger partial charge in [0, 0.05) is 11.6 Å². The molecule has 0 saturated carbocycles. The summed E-state index contributed by atoms with van der Waals surface area (Å²) in [5.74, 6) is 0.705. The Labute approximate surface area is 77.9 Å². The first kappa shape index (κ1) is 12.0. The molecule has 0 heterocycles. The van der Waals surface area contributed by atoms with Gasteiger partial charge in [-0.25, -0.2) is 0 Å². The largest absolute Gasteiger partial charge is 0.309 e. The van der Waals surface area contributed by atoms with Gasteiger partial charge in [0.05, 0.1) is 0 Å². The molecule has 0 aromatic rings. The van der Waals surface area contributed by atoms with Crippen LogP contribution in [0.25, 0.3) is 0 Å². The van der Waals surface area contributed by atoms with Crippen molar-refractivity contribution < 1.29 is 0 Å². The molecule has 0 bridgehead atoms. The Kier molecular flexibility index (Phi) is 4.84. The third kappa shape index (κ3) is 3.14. The lowest BCUT2D eigenvalue weighted by atomic mass is 9.85. The van der Waals surface area contributed by atoms with Crippen LogP contribution in [-0.2, 0) is 0 Å². The second-order valence-electron chi connectivity index (χ2n) is 4.38. The molecule has 0 amide bonds. The van der Waals surface area contributed by atoms with Gasteiger partial charge in [0.15, 0.2) is 0 Å². The van der Waals surface area contributed by atoms with E-state index in [4.69, 9.17) is 0 Å². The molecular weight excluding hydrogens is 146 g/mol. The van der Waals surface area contributed by atoms with Crippen LogP contribution in [0, 0.1) is 5.92 Å². The Morgan fingerprint density at radius 2 is 1.67 bits per heavy atom. The lowest BCUT2D eigenvalue weighted by Gasteiger charge is -2.36. The number of hydrogen-bond acceptors (Lipinski definition) is 1. The van der Waals surface area contributed by atoms with E-state index in [9.17, 15) is 0 Å². The van der Waals surface area contributed by atoms with Crippen LogP contribution in [0.1, 0.15) is 54.4 Å². The van der Waals surface area contributed by atoms with E-state index in [1.165, 1.54) is 12.8 Å². The highest BCUT2D eigenvalue weighted by atomic mass is 15.0.